The van der Waals surface area contributed by atoms with E-state index >= 15 is 0 Å². The third-order valence-corrected chi connectivity index (χ3v) is 5.90. The summed E-state index contributed by atoms with van der Waals surface area (Å²) in [7, 11) is 1.44. The minimum atomic E-state index is -0.439. The molecule has 0 saturated carbocycles. The van der Waals surface area contributed by atoms with Crippen molar-refractivity contribution >= 4 is 17.6 Å². The van der Waals surface area contributed by atoms with Crippen molar-refractivity contribution in [3.63, 3.8) is 0 Å². The molecule has 0 aromatic heterocycles. The van der Waals surface area contributed by atoms with Gasteiger partial charge in [0.05, 0.1) is 13.7 Å². The molecule has 2 unspecified atom stereocenters. The van der Waals surface area contributed by atoms with Crippen LogP contribution >= 0.6 is 0 Å². The highest BCUT2D eigenvalue weighted by molar-refractivity contribution is 6.06. The molecule has 2 aromatic carbocycles. The van der Waals surface area contributed by atoms with Crippen molar-refractivity contribution in [2.45, 2.75) is 38.6 Å². The van der Waals surface area contributed by atoms with Crippen LogP contribution in [0.4, 0.5) is 10.1 Å². The summed E-state index contributed by atoms with van der Waals surface area (Å²) >= 11 is 0. The van der Waals surface area contributed by atoms with E-state index in [1.807, 2.05) is 30.3 Å². The number of halogens is 1. The number of likely N-dealkylation sites (N-methyl/N-ethyl adjacent to an activating group) is 1. The number of rotatable bonds is 8. The molecule has 2 aliphatic heterocycles. The Hall–Kier alpha value is -3.17. The van der Waals surface area contributed by atoms with Crippen molar-refractivity contribution < 1.29 is 9.13 Å². The van der Waals surface area contributed by atoms with Crippen LogP contribution in [0.5, 0.6) is 5.75 Å². The molecular formula is C24H32FN7O. The predicted molar refractivity (Wildman–Crippen MR) is 130 cm³/mol. The summed E-state index contributed by atoms with van der Waals surface area (Å²) in [4.78, 5) is 11.9. The van der Waals surface area contributed by atoms with Crippen LogP contribution in [0.15, 0.2) is 58.5 Å². The van der Waals surface area contributed by atoms with Gasteiger partial charge in [-0.25, -0.2) is 14.4 Å². The predicted octanol–water partition coefficient (Wildman–Crippen LogP) is 2.71. The first-order valence-corrected chi connectivity index (χ1v) is 11.4. The number of guanidine groups is 2. The molecule has 0 spiro atoms. The topological polar surface area (TPSA) is 85.3 Å². The van der Waals surface area contributed by atoms with Crippen molar-refractivity contribution in [3.05, 3.63) is 59.9 Å². The Kier molecular flexibility index (Phi) is 7.74. The van der Waals surface area contributed by atoms with E-state index in [1.54, 1.807) is 12.1 Å². The average Bonchev–Trinajstić information content (AvgIpc) is 3.30. The van der Waals surface area contributed by atoms with E-state index in [0.29, 0.717) is 30.2 Å². The Balaban J connectivity index is 1.47. The molecule has 0 amide bonds. The molecule has 9 heteroatoms. The number of hydrogen-bond donors (Lipinski definition) is 4. The molecule has 4 rings (SSSR count). The molecule has 8 nitrogen and oxygen atoms in total. The fourth-order valence-electron chi connectivity index (χ4n) is 4.14. The smallest absolute Gasteiger partial charge is 0.205 e. The molecule has 2 atom stereocenters. The number of hydrogen-bond acceptors (Lipinski definition) is 6. The molecule has 2 aromatic rings. The van der Waals surface area contributed by atoms with Crippen molar-refractivity contribution in [2.24, 2.45) is 9.98 Å². The van der Waals surface area contributed by atoms with Gasteiger partial charge in [-0.05, 0) is 43.6 Å². The minimum Gasteiger partial charge on any atom is -0.494 e. The zero-order valence-corrected chi connectivity index (χ0v) is 19.1. The zero-order valence-electron chi connectivity index (χ0n) is 19.1. The van der Waals surface area contributed by atoms with Crippen LogP contribution in [-0.2, 0) is 6.54 Å². The van der Waals surface area contributed by atoms with Gasteiger partial charge in [0.2, 0.25) is 11.9 Å². The Morgan fingerprint density at radius 1 is 1.24 bits per heavy atom. The van der Waals surface area contributed by atoms with Crippen LogP contribution in [0.25, 0.3) is 0 Å². The number of ether oxygens (including phenoxy) is 1. The van der Waals surface area contributed by atoms with Crippen LogP contribution in [-0.4, -0.2) is 55.9 Å². The minimum absolute atomic E-state index is 0.197. The Bertz CT molecular complexity index is 982. The molecule has 0 bridgehead atoms. The van der Waals surface area contributed by atoms with Gasteiger partial charge < -0.3 is 15.4 Å². The zero-order chi connectivity index (χ0) is 23.0. The standard InChI is InChI=1S/C24H32FN7O/c1-3-32-13-7-10-19(32)16-27-23-29-22(26-15-17-8-5-4-6-9-17)30-24(31-23)28-18-11-12-21(33-2)20(25)14-18/h4-6,8-9,11-12,14,19,23,27H,3,7,10,13,15-16H2,1-2H3,(H3,26,28,29,30,31). The summed E-state index contributed by atoms with van der Waals surface area (Å²) in [6.45, 7) is 5.74. The first-order valence-electron chi connectivity index (χ1n) is 11.4. The number of benzene rings is 2. The third-order valence-electron chi connectivity index (χ3n) is 5.90. The Morgan fingerprint density at radius 2 is 2.09 bits per heavy atom. The van der Waals surface area contributed by atoms with E-state index in [9.17, 15) is 4.39 Å². The fourth-order valence-corrected chi connectivity index (χ4v) is 4.14. The normalized spacial score (nSPS) is 21.9. The lowest BCUT2D eigenvalue weighted by molar-refractivity contribution is 0.252. The maximum atomic E-state index is 14.2. The summed E-state index contributed by atoms with van der Waals surface area (Å²) in [5.41, 5.74) is 1.67. The molecule has 176 valence electrons. The number of anilines is 1. The number of aliphatic imine (C=N–C) groups is 2. The lowest BCUT2D eigenvalue weighted by Crippen LogP contribution is -2.58. The number of nitrogens with one attached hydrogen (secondary N) is 4. The highest BCUT2D eigenvalue weighted by Crippen LogP contribution is 2.21. The van der Waals surface area contributed by atoms with E-state index in [2.05, 4.69) is 43.1 Å². The molecular weight excluding hydrogens is 421 g/mol. The molecule has 2 heterocycles. The van der Waals surface area contributed by atoms with E-state index in [4.69, 9.17) is 4.74 Å². The second-order valence-electron chi connectivity index (χ2n) is 8.11. The lowest BCUT2D eigenvalue weighted by Gasteiger charge is -2.29. The number of likely N-dealkylation sites (tertiary alicyclic amines) is 1. The lowest BCUT2D eigenvalue weighted by atomic mass is 10.2. The van der Waals surface area contributed by atoms with Crippen molar-refractivity contribution in [3.8, 4) is 5.75 Å². The van der Waals surface area contributed by atoms with E-state index < -0.39 is 5.82 Å². The third kappa shape index (κ3) is 6.21. The van der Waals surface area contributed by atoms with Gasteiger partial charge in [0.1, 0.15) is 0 Å². The van der Waals surface area contributed by atoms with E-state index in [-0.39, 0.29) is 12.0 Å². The Morgan fingerprint density at radius 3 is 2.85 bits per heavy atom. The highest BCUT2D eigenvalue weighted by atomic mass is 19.1. The van der Waals surface area contributed by atoms with Crippen LogP contribution in [0, 0.1) is 5.82 Å². The van der Waals surface area contributed by atoms with Gasteiger partial charge in [-0.3, -0.25) is 15.5 Å². The van der Waals surface area contributed by atoms with Crippen molar-refractivity contribution in [1.82, 2.24) is 20.9 Å². The monoisotopic (exact) mass is 453 g/mol. The van der Waals surface area contributed by atoms with Gasteiger partial charge >= 0.3 is 0 Å². The van der Waals surface area contributed by atoms with Crippen molar-refractivity contribution in [1.29, 1.82) is 0 Å². The molecule has 33 heavy (non-hydrogen) atoms. The largest absolute Gasteiger partial charge is 0.494 e. The van der Waals surface area contributed by atoms with Crippen LogP contribution in [0.2, 0.25) is 0 Å². The van der Waals surface area contributed by atoms with Crippen LogP contribution < -0.4 is 26.0 Å². The maximum absolute atomic E-state index is 14.2. The maximum Gasteiger partial charge on any atom is 0.205 e. The number of nitrogens with zero attached hydrogens (tertiary/aromatic N) is 3. The molecule has 0 aliphatic carbocycles. The van der Waals surface area contributed by atoms with Crippen LogP contribution in [0.1, 0.15) is 25.3 Å². The molecule has 4 N–H and O–H groups in total. The van der Waals surface area contributed by atoms with E-state index in [0.717, 1.165) is 25.2 Å². The summed E-state index contributed by atoms with van der Waals surface area (Å²) in [5.74, 6) is 0.844. The average molecular weight is 454 g/mol. The second kappa shape index (κ2) is 11.1. The molecule has 1 saturated heterocycles. The van der Waals surface area contributed by atoms with Gasteiger partial charge in [-0.15, -0.1) is 0 Å². The summed E-state index contributed by atoms with van der Waals surface area (Å²) in [6.07, 6.45) is 2.05. The fraction of sp³-hybridized carbons (Fsp3) is 0.417. The van der Waals surface area contributed by atoms with Gasteiger partial charge in [-0.2, -0.15) is 0 Å². The quantitative estimate of drug-likeness (QED) is 0.492. The summed E-state index contributed by atoms with van der Waals surface area (Å²) < 4.78 is 19.2. The summed E-state index contributed by atoms with van der Waals surface area (Å²) in [5, 5.41) is 13.1. The highest BCUT2D eigenvalue weighted by Gasteiger charge is 2.25. The van der Waals surface area contributed by atoms with Crippen LogP contribution in [0.3, 0.4) is 0 Å². The van der Waals surface area contributed by atoms with Gasteiger partial charge in [0.15, 0.2) is 17.9 Å². The van der Waals surface area contributed by atoms with E-state index in [1.165, 1.54) is 26.0 Å². The molecule has 2 aliphatic rings. The van der Waals surface area contributed by atoms with Crippen molar-refractivity contribution in [2.75, 3.05) is 32.1 Å². The first-order chi connectivity index (χ1) is 16.1. The molecule has 1 fully saturated rings. The molecule has 0 radical (unpaired) electrons. The SMILES string of the molecule is CCN1CCCC1CNC1N=C(Nc2ccc(OC)c(F)c2)NC(=NCc2ccccc2)N1. The first kappa shape index (κ1) is 23.0. The Labute approximate surface area is 194 Å². The second-order valence-corrected chi connectivity index (χ2v) is 8.11. The number of methoxy groups -OCH3 is 1. The summed E-state index contributed by atoms with van der Waals surface area (Å²) in [6, 6.07) is 15.3. The van der Waals surface area contributed by atoms with Gasteiger partial charge in [0, 0.05) is 24.3 Å². The van der Waals surface area contributed by atoms with Gasteiger partial charge in [-0.1, -0.05) is 37.3 Å². The van der Waals surface area contributed by atoms with Gasteiger partial charge in [0.25, 0.3) is 0 Å².